The Balaban J connectivity index is 1.94. The molecule has 1 heterocycles. The Bertz CT molecular complexity index is 293. The molecule has 1 aliphatic carbocycles. The van der Waals surface area contributed by atoms with E-state index >= 15 is 0 Å². The molecule has 1 fully saturated rings. The van der Waals surface area contributed by atoms with E-state index in [1.807, 2.05) is 0 Å². The van der Waals surface area contributed by atoms with Crippen LogP contribution >= 0.6 is 0 Å². The summed E-state index contributed by atoms with van der Waals surface area (Å²) in [4.78, 5) is 12.4. The van der Waals surface area contributed by atoms with Crippen LogP contribution in [0.5, 0.6) is 0 Å². The van der Waals surface area contributed by atoms with Crippen LogP contribution in [0.4, 0.5) is 0 Å². The Morgan fingerprint density at radius 1 is 1.53 bits per heavy atom. The maximum atomic E-state index is 12.4. The van der Waals surface area contributed by atoms with E-state index in [-0.39, 0.29) is 11.4 Å². The molecule has 2 N–H and O–H groups in total. The number of hydrogen-bond donors (Lipinski definition) is 2. The maximum Gasteiger partial charge on any atom is 0.240 e. The van der Waals surface area contributed by atoms with Crippen molar-refractivity contribution < 1.29 is 4.79 Å². The lowest BCUT2D eigenvalue weighted by atomic mass is 9.90. The lowest BCUT2D eigenvalue weighted by Crippen LogP contribution is -2.55. The fourth-order valence-corrected chi connectivity index (χ4v) is 3.00. The average molecular weight is 236 g/mol. The predicted octanol–water partition coefficient (Wildman–Crippen LogP) is 2.13. The topological polar surface area (TPSA) is 41.1 Å². The lowest BCUT2D eigenvalue weighted by Gasteiger charge is -2.31. The molecule has 96 valence electrons. The van der Waals surface area contributed by atoms with Crippen molar-refractivity contribution >= 4 is 5.91 Å². The Hall–Kier alpha value is -0.830. The SMILES string of the molecule is CCCC1(C(=O)NC2CC=CCC2)CCCN1. The van der Waals surface area contributed by atoms with Gasteiger partial charge in [0.2, 0.25) is 5.91 Å². The monoisotopic (exact) mass is 236 g/mol. The second-order valence-corrected chi connectivity index (χ2v) is 5.32. The van der Waals surface area contributed by atoms with E-state index < -0.39 is 0 Å². The molecule has 17 heavy (non-hydrogen) atoms. The third-order valence-corrected chi connectivity index (χ3v) is 3.96. The summed E-state index contributed by atoms with van der Waals surface area (Å²) in [6, 6.07) is 0.351. The molecule has 2 aliphatic rings. The molecule has 0 bridgehead atoms. The van der Waals surface area contributed by atoms with Crippen molar-refractivity contribution in [1.29, 1.82) is 0 Å². The summed E-state index contributed by atoms with van der Waals surface area (Å²) in [7, 11) is 0. The number of carbonyl (C=O) groups excluding carboxylic acids is 1. The first-order chi connectivity index (χ1) is 8.27. The molecule has 1 saturated heterocycles. The summed E-state index contributed by atoms with van der Waals surface area (Å²) >= 11 is 0. The van der Waals surface area contributed by atoms with Gasteiger partial charge in [0.15, 0.2) is 0 Å². The number of carbonyl (C=O) groups is 1. The van der Waals surface area contributed by atoms with Gasteiger partial charge in [-0.1, -0.05) is 25.5 Å². The normalized spacial score (nSPS) is 32.6. The highest BCUT2D eigenvalue weighted by Gasteiger charge is 2.40. The summed E-state index contributed by atoms with van der Waals surface area (Å²) in [6.45, 7) is 3.14. The van der Waals surface area contributed by atoms with Gasteiger partial charge in [-0.2, -0.15) is 0 Å². The van der Waals surface area contributed by atoms with Gasteiger partial charge in [0.05, 0.1) is 5.54 Å². The average Bonchev–Trinajstić information content (AvgIpc) is 2.81. The summed E-state index contributed by atoms with van der Waals surface area (Å²) in [5.74, 6) is 0.233. The van der Waals surface area contributed by atoms with Crippen molar-refractivity contribution in [3.63, 3.8) is 0 Å². The first kappa shape index (κ1) is 12.6. The molecule has 2 rings (SSSR count). The second kappa shape index (κ2) is 5.67. The van der Waals surface area contributed by atoms with Gasteiger partial charge >= 0.3 is 0 Å². The molecule has 1 aliphatic heterocycles. The zero-order valence-corrected chi connectivity index (χ0v) is 10.8. The van der Waals surface area contributed by atoms with Gasteiger partial charge in [0.25, 0.3) is 0 Å². The highest BCUT2D eigenvalue weighted by Crippen LogP contribution is 2.25. The van der Waals surface area contributed by atoms with Crippen molar-refractivity contribution in [2.45, 2.75) is 63.5 Å². The molecule has 2 atom stereocenters. The fraction of sp³-hybridized carbons (Fsp3) is 0.786. The van der Waals surface area contributed by atoms with Gasteiger partial charge in [-0.3, -0.25) is 4.79 Å². The quantitative estimate of drug-likeness (QED) is 0.734. The third kappa shape index (κ3) is 2.89. The van der Waals surface area contributed by atoms with Crippen LogP contribution in [0.3, 0.4) is 0 Å². The van der Waals surface area contributed by atoms with E-state index in [1.54, 1.807) is 0 Å². The van der Waals surface area contributed by atoms with E-state index in [2.05, 4.69) is 29.7 Å². The highest BCUT2D eigenvalue weighted by molar-refractivity contribution is 5.87. The molecule has 2 unspecified atom stereocenters. The van der Waals surface area contributed by atoms with Crippen LogP contribution in [-0.4, -0.2) is 24.0 Å². The van der Waals surface area contributed by atoms with Gasteiger partial charge in [0.1, 0.15) is 0 Å². The number of allylic oxidation sites excluding steroid dienone is 1. The fourth-order valence-electron chi connectivity index (χ4n) is 3.00. The predicted molar refractivity (Wildman–Crippen MR) is 69.8 cm³/mol. The first-order valence-electron chi connectivity index (χ1n) is 6.98. The molecule has 1 amide bonds. The number of amides is 1. The van der Waals surface area contributed by atoms with Gasteiger partial charge < -0.3 is 10.6 Å². The van der Waals surface area contributed by atoms with Crippen molar-refractivity contribution in [2.75, 3.05) is 6.54 Å². The Morgan fingerprint density at radius 3 is 3.00 bits per heavy atom. The van der Waals surface area contributed by atoms with E-state index in [0.717, 1.165) is 51.5 Å². The van der Waals surface area contributed by atoms with Crippen LogP contribution in [0.15, 0.2) is 12.2 Å². The van der Waals surface area contributed by atoms with Gasteiger partial charge in [-0.05, 0) is 45.1 Å². The molecule has 3 nitrogen and oxygen atoms in total. The molecule has 0 radical (unpaired) electrons. The van der Waals surface area contributed by atoms with Crippen LogP contribution in [0.25, 0.3) is 0 Å². The zero-order chi connectivity index (χ0) is 12.1. The number of rotatable bonds is 4. The molecular formula is C14H24N2O. The van der Waals surface area contributed by atoms with Crippen LogP contribution in [0.1, 0.15) is 51.9 Å². The van der Waals surface area contributed by atoms with Crippen LogP contribution in [-0.2, 0) is 4.79 Å². The van der Waals surface area contributed by atoms with E-state index in [4.69, 9.17) is 0 Å². The van der Waals surface area contributed by atoms with Crippen molar-refractivity contribution in [3.05, 3.63) is 12.2 Å². The van der Waals surface area contributed by atoms with Crippen LogP contribution < -0.4 is 10.6 Å². The van der Waals surface area contributed by atoms with E-state index in [1.165, 1.54) is 0 Å². The summed E-state index contributed by atoms with van der Waals surface area (Å²) in [6.07, 6.45) is 11.7. The molecule has 0 saturated carbocycles. The van der Waals surface area contributed by atoms with E-state index in [0.29, 0.717) is 6.04 Å². The van der Waals surface area contributed by atoms with Gasteiger partial charge in [0, 0.05) is 6.04 Å². The lowest BCUT2D eigenvalue weighted by molar-refractivity contribution is -0.128. The summed E-state index contributed by atoms with van der Waals surface area (Å²) in [5, 5.41) is 6.66. The maximum absolute atomic E-state index is 12.4. The third-order valence-electron chi connectivity index (χ3n) is 3.96. The summed E-state index contributed by atoms with van der Waals surface area (Å²) in [5.41, 5.74) is -0.268. The van der Waals surface area contributed by atoms with Crippen LogP contribution in [0.2, 0.25) is 0 Å². The number of hydrogen-bond acceptors (Lipinski definition) is 2. The smallest absolute Gasteiger partial charge is 0.240 e. The molecule has 0 aromatic rings. The second-order valence-electron chi connectivity index (χ2n) is 5.32. The molecule has 0 aromatic carbocycles. The standard InChI is InChI=1S/C14H24N2O/c1-2-9-14(10-6-11-15-14)13(17)16-12-7-4-3-5-8-12/h3-4,12,15H,2,5-11H2,1H3,(H,16,17). The van der Waals surface area contributed by atoms with Crippen molar-refractivity contribution in [1.82, 2.24) is 10.6 Å². The van der Waals surface area contributed by atoms with Gasteiger partial charge in [-0.25, -0.2) is 0 Å². The zero-order valence-electron chi connectivity index (χ0n) is 10.8. The first-order valence-corrected chi connectivity index (χ1v) is 6.98. The molecular weight excluding hydrogens is 212 g/mol. The number of nitrogens with one attached hydrogen (secondary N) is 2. The van der Waals surface area contributed by atoms with Crippen molar-refractivity contribution in [2.24, 2.45) is 0 Å². The minimum atomic E-state index is -0.268. The minimum Gasteiger partial charge on any atom is -0.351 e. The highest BCUT2D eigenvalue weighted by atomic mass is 16.2. The molecule has 0 spiro atoms. The Morgan fingerprint density at radius 2 is 2.41 bits per heavy atom. The largest absolute Gasteiger partial charge is 0.351 e. The summed E-state index contributed by atoms with van der Waals surface area (Å²) < 4.78 is 0. The van der Waals surface area contributed by atoms with Crippen molar-refractivity contribution in [3.8, 4) is 0 Å². The molecule has 3 heteroatoms. The molecule has 0 aromatic heterocycles. The Labute approximate surface area is 104 Å². The minimum absolute atomic E-state index is 0.233. The Kier molecular flexibility index (Phi) is 4.21. The van der Waals surface area contributed by atoms with Gasteiger partial charge in [-0.15, -0.1) is 0 Å². The van der Waals surface area contributed by atoms with E-state index in [9.17, 15) is 4.79 Å². The van der Waals surface area contributed by atoms with Crippen LogP contribution in [0, 0.1) is 0 Å².